The summed E-state index contributed by atoms with van der Waals surface area (Å²) in [5.74, 6) is 0. The number of aryl methyl sites for hydroxylation is 1. The van der Waals surface area contributed by atoms with Crippen molar-refractivity contribution in [3.63, 3.8) is 0 Å². The van der Waals surface area contributed by atoms with E-state index in [0.29, 0.717) is 11.2 Å². The van der Waals surface area contributed by atoms with Crippen LogP contribution in [0, 0.1) is 0 Å². The second kappa shape index (κ2) is 2.23. The lowest BCUT2D eigenvalue weighted by Gasteiger charge is -1.85. The highest BCUT2D eigenvalue weighted by atomic mass is 16.3. The first-order valence-corrected chi connectivity index (χ1v) is 2.63. The van der Waals surface area contributed by atoms with Gasteiger partial charge in [0.15, 0.2) is 0 Å². The van der Waals surface area contributed by atoms with E-state index in [4.69, 9.17) is 13.0 Å². The van der Waals surface area contributed by atoms with E-state index in [1.807, 2.05) is 0 Å². The Bertz CT molecular complexity index is 209. The van der Waals surface area contributed by atoms with Crippen molar-refractivity contribution in [1.82, 2.24) is 9.78 Å². The molecule has 0 aromatic carbocycles. The molecule has 0 aliphatic carbocycles. The largest absolute Gasteiger partial charge is 0.392 e. The van der Waals surface area contributed by atoms with Gasteiger partial charge in [-0.1, -0.05) is 0 Å². The van der Waals surface area contributed by atoms with E-state index in [-0.39, 0.29) is 6.61 Å². The number of nitrogens with zero attached hydrogens (tertiary/aromatic N) is 2. The fourth-order valence-corrected chi connectivity index (χ4v) is 0.677. The molecule has 1 N–H and O–H groups in total. The minimum atomic E-state index is -0.0420. The highest BCUT2D eigenvalue weighted by Crippen LogP contribution is 1.89. The van der Waals surface area contributed by atoms with Gasteiger partial charge in [-0.2, -0.15) is 5.10 Å². The Kier molecular flexibility index (Phi) is 1.57. The summed E-state index contributed by atoms with van der Waals surface area (Å²) < 4.78 is 1.57. The molecule has 2 radical (unpaired) electrons. The maximum atomic E-state index is 8.60. The van der Waals surface area contributed by atoms with Crippen LogP contribution in [0.1, 0.15) is 5.56 Å². The molecule has 4 heteroatoms. The van der Waals surface area contributed by atoms with Crippen LogP contribution in [0.2, 0.25) is 0 Å². The molecule has 9 heavy (non-hydrogen) atoms. The molecule has 0 atom stereocenters. The first-order chi connectivity index (χ1) is 4.24. The lowest BCUT2D eigenvalue weighted by molar-refractivity contribution is 0.282. The molecule has 1 aromatic rings. The minimum absolute atomic E-state index is 0.0420. The Morgan fingerprint density at radius 2 is 2.56 bits per heavy atom. The van der Waals surface area contributed by atoms with Gasteiger partial charge in [-0.15, -0.1) is 0 Å². The molecule has 0 aliphatic heterocycles. The highest BCUT2D eigenvalue weighted by Gasteiger charge is 1.97. The first-order valence-electron chi connectivity index (χ1n) is 2.63. The Hall–Kier alpha value is -0.765. The van der Waals surface area contributed by atoms with Gasteiger partial charge in [-0.25, -0.2) is 0 Å². The van der Waals surface area contributed by atoms with E-state index in [0.717, 1.165) is 0 Å². The van der Waals surface area contributed by atoms with E-state index in [9.17, 15) is 0 Å². The maximum Gasteiger partial charge on any atom is 0.144 e. The van der Waals surface area contributed by atoms with Crippen LogP contribution >= 0.6 is 0 Å². The van der Waals surface area contributed by atoms with Crippen LogP contribution in [-0.4, -0.2) is 22.7 Å². The maximum absolute atomic E-state index is 8.60. The standard InChI is InChI=1S/C5H7BN2O/c1-8-2-4(3-9)5(6)7-8/h2,9H,3H2,1H3. The van der Waals surface area contributed by atoms with Crippen LogP contribution in [-0.2, 0) is 13.7 Å². The topological polar surface area (TPSA) is 38.0 Å². The fourth-order valence-electron chi connectivity index (χ4n) is 0.677. The van der Waals surface area contributed by atoms with Gasteiger partial charge in [0, 0.05) is 24.4 Å². The van der Waals surface area contributed by atoms with Crippen LogP contribution < -0.4 is 5.59 Å². The summed E-state index contributed by atoms with van der Waals surface area (Å²) in [6.07, 6.45) is 1.69. The smallest absolute Gasteiger partial charge is 0.144 e. The predicted molar refractivity (Wildman–Crippen MR) is 34.5 cm³/mol. The third kappa shape index (κ3) is 1.13. The zero-order valence-corrected chi connectivity index (χ0v) is 5.20. The van der Waals surface area contributed by atoms with Crippen molar-refractivity contribution in [3.05, 3.63) is 11.8 Å². The van der Waals surface area contributed by atoms with Crippen molar-refractivity contribution in [1.29, 1.82) is 0 Å². The van der Waals surface area contributed by atoms with E-state index in [1.165, 1.54) is 0 Å². The van der Waals surface area contributed by atoms with Gasteiger partial charge in [0.1, 0.15) is 7.85 Å². The first kappa shape index (κ1) is 6.36. The molecule has 0 unspecified atom stereocenters. The molecular formula is C5H7BN2O. The molecule has 46 valence electrons. The quantitative estimate of drug-likeness (QED) is 0.470. The van der Waals surface area contributed by atoms with E-state index < -0.39 is 0 Å². The zero-order valence-electron chi connectivity index (χ0n) is 5.20. The molecule has 0 aliphatic rings. The SMILES string of the molecule is [B]c1nn(C)cc1CO. The van der Waals surface area contributed by atoms with Gasteiger partial charge in [0.05, 0.1) is 6.61 Å². The van der Waals surface area contributed by atoms with Gasteiger partial charge >= 0.3 is 0 Å². The summed E-state index contributed by atoms with van der Waals surface area (Å²) in [6.45, 7) is -0.0420. The highest BCUT2D eigenvalue weighted by molar-refractivity contribution is 6.31. The molecule has 0 amide bonds. The molecular weight excluding hydrogens is 115 g/mol. The average Bonchev–Trinajstić information content (AvgIpc) is 2.10. The Labute approximate surface area is 54.7 Å². The van der Waals surface area contributed by atoms with Gasteiger partial charge in [-0.05, 0) is 0 Å². The number of rotatable bonds is 1. The minimum Gasteiger partial charge on any atom is -0.392 e. The predicted octanol–water partition coefficient (Wildman–Crippen LogP) is -1.29. The van der Waals surface area contributed by atoms with E-state index >= 15 is 0 Å². The molecule has 0 saturated carbocycles. The monoisotopic (exact) mass is 122 g/mol. The van der Waals surface area contributed by atoms with Crippen LogP contribution in [0.25, 0.3) is 0 Å². The van der Waals surface area contributed by atoms with Crippen molar-refractivity contribution in [3.8, 4) is 0 Å². The summed E-state index contributed by atoms with van der Waals surface area (Å²) in [5.41, 5.74) is 1.08. The Morgan fingerprint density at radius 1 is 1.89 bits per heavy atom. The van der Waals surface area contributed by atoms with Crippen LogP contribution in [0.3, 0.4) is 0 Å². The van der Waals surface area contributed by atoms with Crippen LogP contribution in [0.15, 0.2) is 6.20 Å². The molecule has 1 aromatic heterocycles. The third-order valence-corrected chi connectivity index (χ3v) is 1.11. The number of hydrogen-bond acceptors (Lipinski definition) is 2. The molecule has 0 bridgehead atoms. The second-order valence-corrected chi connectivity index (χ2v) is 1.87. The van der Waals surface area contributed by atoms with Crippen molar-refractivity contribution >= 4 is 13.4 Å². The zero-order chi connectivity index (χ0) is 6.85. The van der Waals surface area contributed by atoms with Gasteiger partial charge in [0.25, 0.3) is 0 Å². The summed E-state index contributed by atoms with van der Waals surface area (Å²) in [4.78, 5) is 0. The lowest BCUT2D eigenvalue weighted by Crippen LogP contribution is -2.10. The summed E-state index contributed by atoms with van der Waals surface area (Å²) in [5, 5.41) is 12.4. The summed E-state index contributed by atoms with van der Waals surface area (Å²) in [7, 11) is 7.12. The van der Waals surface area contributed by atoms with Crippen molar-refractivity contribution < 1.29 is 5.11 Å². The van der Waals surface area contributed by atoms with Gasteiger partial charge in [-0.3, -0.25) is 4.68 Å². The van der Waals surface area contributed by atoms with E-state index in [2.05, 4.69) is 5.10 Å². The molecule has 1 rings (SSSR count). The van der Waals surface area contributed by atoms with Crippen molar-refractivity contribution in [2.45, 2.75) is 6.61 Å². The number of aliphatic hydroxyl groups excluding tert-OH is 1. The Balaban J connectivity index is 3.01. The Morgan fingerprint density at radius 3 is 2.78 bits per heavy atom. The second-order valence-electron chi connectivity index (χ2n) is 1.87. The number of aromatic nitrogens is 2. The molecule has 0 fully saturated rings. The number of aliphatic hydroxyl groups is 1. The molecule has 0 saturated heterocycles. The van der Waals surface area contributed by atoms with E-state index in [1.54, 1.807) is 17.9 Å². The molecule has 1 heterocycles. The van der Waals surface area contributed by atoms with Gasteiger partial charge < -0.3 is 5.11 Å². The average molecular weight is 122 g/mol. The van der Waals surface area contributed by atoms with Crippen LogP contribution in [0.5, 0.6) is 0 Å². The van der Waals surface area contributed by atoms with Crippen molar-refractivity contribution in [2.24, 2.45) is 7.05 Å². The van der Waals surface area contributed by atoms with Crippen molar-refractivity contribution in [2.75, 3.05) is 0 Å². The van der Waals surface area contributed by atoms with Crippen LogP contribution in [0.4, 0.5) is 0 Å². The lowest BCUT2D eigenvalue weighted by atomic mass is 10.0. The summed E-state index contributed by atoms with van der Waals surface area (Å²) >= 11 is 0. The summed E-state index contributed by atoms with van der Waals surface area (Å²) in [6, 6.07) is 0. The molecule has 0 spiro atoms. The third-order valence-electron chi connectivity index (χ3n) is 1.11. The normalized spacial score (nSPS) is 10.0. The number of hydrogen-bond donors (Lipinski definition) is 1. The molecule has 3 nitrogen and oxygen atoms in total. The van der Waals surface area contributed by atoms with Gasteiger partial charge in [0.2, 0.25) is 0 Å². The fraction of sp³-hybridized carbons (Fsp3) is 0.400.